The fourth-order valence-corrected chi connectivity index (χ4v) is 2.20. The zero-order chi connectivity index (χ0) is 13.2. The van der Waals surface area contributed by atoms with Crippen molar-refractivity contribution in [3.63, 3.8) is 0 Å². The highest BCUT2D eigenvalue weighted by atomic mass is 16.1. The fourth-order valence-electron chi connectivity index (χ4n) is 2.20. The number of benzene rings is 2. The molecule has 0 saturated heterocycles. The molecule has 0 aliphatic rings. The lowest BCUT2D eigenvalue weighted by atomic mass is 9.99. The maximum absolute atomic E-state index is 11.4. The Hall–Kier alpha value is -2.69. The molecule has 1 amide bonds. The van der Waals surface area contributed by atoms with Crippen LogP contribution in [0, 0.1) is 0 Å². The van der Waals surface area contributed by atoms with Crippen LogP contribution in [0.5, 0.6) is 0 Å². The second-order valence-electron chi connectivity index (χ2n) is 4.28. The second kappa shape index (κ2) is 4.53. The zero-order valence-electron chi connectivity index (χ0n) is 10.2. The summed E-state index contributed by atoms with van der Waals surface area (Å²) in [7, 11) is 0. The molecule has 5 heteroatoms. The van der Waals surface area contributed by atoms with E-state index in [1.165, 1.54) is 6.33 Å². The molecule has 0 aliphatic heterocycles. The average molecular weight is 252 g/mol. The molecule has 2 N–H and O–H groups in total. The number of carbonyl (C=O) groups excluding carboxylic acids is 1. The van der Waals surface area contributed by atoms with Gasteiger partial charge in [-0.05, 0) is 22.4 Å². The highest BCUT2D eigenvalue weighted by Gasteiger charge is 2.09. The highest BCUT2D eigenvalue weighted by Crippen LogP contribution is 2.23. The van der Waals surface area contributed by atoms with E-state index >= 15 is 0 Å². The molecule has 0 bridgehead atoms. The third-order valence-electron chi connectivity index (χ3n) is 3.08. The van der Waals surface area contributed by atoms with Gasteiger partial charge in [-0.2, -0.15) is 5.10 Å². The predicted molar refractivity (Wildman–Crippen MR) is 71.6 cm³/mol. The van der Waals surface area contributed by atoms with E-state index in [2.05, 4.69) is 10.1 Å². The van der Waals surface area contributed by atoms with Crippen LogP contribution in [0.15, 0.2) is 49.1 Å². The summed E-state index contributed by atoms with van der Waals surface area (Å²) in [6.45, 7) is 0.611. The van der Waals surface area contributed by atoms with Crippen molar-refractivity contribution in [1.29, 1.82) is 0 Å². The van der Waals surface area contributed by atoms with Crippen molar-refractivity contribution in [2.24, 2.45) is 5.73 Å². The van der Waals surface area contributed by atoms with Gasteiger partial charge in [0.1, 0.15) is 12.7 Å². The topological polar surface area (TPSA) is 73.8 Å². The van der Waals surface area contributed by atoms with Crippen LogP contribution in [0.4, 0.5) is 0 Å². The predicted octanol–water partition coefficient (Wildman–Crippen LogP) is 1.58. The molecule has 0 spiro atoms. The Labute approximate surface area is 109 Å². The molecule has 0 atom stereocenters. The van der Waals surface area contributed by atoms with E-state index in [-0.39, 0.29) is 0 Å². The van der Waals surface area contributed by atoms with Crippen LogP contribution in [0.3, 0.4) is 0 Å². The summed E-state index contributed by atoms with van der Waals surface area (Å²) in [4.78, 5) is 15.4. The molecule has 0 saturated carbocycles. The van der Waals surface area contributed by atoms with Crippen LogP contribution < -0.4 is 5.73 Å². The van der Waals surface area contributed by atoms with Gasteiger partial charge < -0.3 is 5.73 Å². The number of fused-ring (bicyclic) bond motifs is 1. The van der Waals surface area contributed by atoms with E-state index in [1.807, 2.05) is 30.3 Å². The molecule has 0 unspecified atom stereocenters. The van der Waals surface area contributed by atoms with Crippen LogP contribution >= 0.6 is 0 Å². The van der Waals surface area contributed by atoms with Crippen molar-refractivity contribution < 1.29 is 4.79 Å². The summed E-state index contributed by atoms with van der Waals surface area (Å²) in [6.07, 6.45) is 3.16. The van der Waals surface area contributed by atoms with E-state index in [9.17, 15) is 4.79 Å². The van der Waals surface area contributed by atoms with E-state index in [0.717, 1.165) is 16.3 Å². The summed E-state index contributed by atoms with van der Waals surface area (Å²) in [6, 6.07) is 11.4. The molecule has 5 nitrogen and oxygen atoms in total. The molecule has 3 aromatic rings. The molecule has 19 heavy (non-hydrogen) atoms. The van der Waals surface area contributed by atoms with Gasteiger partial charge in [0.2, 0.25) is 5.91 Å². The molecule has 94 valence electrons. The molecule has 1 heterocycles. The normalized spacial score (nSPS) is 10.7. The summed E-state index contributed by atoms with van der Waals surface area (Å²) >= 11 is 0. The molecule has 1 aromatic heterocycles. The van der Waals surface area contributed by atoms with Gasteiger partial charge in [0.15, 0.2) is 0 Å². The van der Waals surface area contributed by atoms with Crippen molar-refractivity contribution in [3.8, 4) is 0 Å². The third-order valence-corrected chi connectivity index (χ3v) is 3.08. The Morgan fingerprint density at radius 3 is 2.63 bits per heavy atom. The Morgan fingerprint density at radius 1 is 1.16 bits per heavy atom. The van der Waals surface area contributed by atoms with E-state index < -0.39 is 5.91 Å². The van der Waals surface area contributed by atoms with Gasteiger partial charge in [0, 0.05) is 5.56 Å². The van der Waals surface area contributed by atoms with Crippen LogP contribution in [0.25, 0.3) is 10.8 Å². The Balaban J connectivity index is 2.16. The first kappa shape index (κ1) is 11.4. The number of hydrogen-bond acceptors (Lipinski definition) is 3. The van der Waals surface area contributed by atoms with E-state index in [1.54, 1.807) is 17.1 Å². The van der Waals surface area contributed by atoms with Crippen molar-refractivity contribution in [2.75, 3.05) is 0 Å². The number of primary amides is 1. The summed E-state index contributed by atoms with van der Waals surface area (Å²) in [5.41, 5.74) is 7.01. The van der Waals surface area contributed by atoms with Gasteiger partial charge in [0.05, 0.1) is 6.54 Å². The minimum atomic E-state index is -0.413. The van der Waals surface area contributed by atoms with Crippen LogP contribution in [-0.4, -0.2) is 20.7 Å². The number of amides is 1. The van der Waals surface area contributed by atoms with Gasteiger partial charge in [-0.25, -0.2) is 9.67 Å². The molecule has 0 fully saturated rings. The van der Waals surface area contributed by atoms with Crippen molar-refractivity contribution in [1.82, 2.24) is 14.8 Å². The smallest absolute Gasteiger partial charge is 0.249 e. The Kier molecular flexibility index (Phi) is 2.72. The second-order valence-corrected chi connectivity index (χ2v) is 4.28. The number of nitrogens with two attached hydrogens (primary N) is 1. The minimum Gasteiger partial charge on any atom is -0.366 e. The first-order chi connectivity index (χ1) is 9.25. The Bertz CT molecular complexity index is 734. The first-order valence-electron chi connectivity index (χ1n) is 5.88. The van der Waals surface area contributed by atoms with Crippen molar-refractivity contribution >= 4 is 16.7 Å². The first-order valence-corrected chi connectivity index (χ1v) is 5.88. The SMILES string of the molecule is NC(=O)c1ccc(Cn2cncn2)c2ccccc12. The van der Waals surface area contributed by atoms with Crippen molar-refractivity contribution in [2.45, 2.75) is 6.54 Å². The maximum atomic E-state index is 11.4. The maximum Gasteiger partial charge on any atom is 0.249 e. The quantitative estimate of drug-likeness (QED) is 0.769. The van der Waals surface area contributed by atoms with Gasteiger partial charge >= 0.3 is 0 Å². The van der Waals surface area contributed by atoms with E-state index in [4.69, 9.17) is 5.73 Å². The van der Waals surface area contributed by atoms with E-state index in [0.29, 0.717) is 12.1 Å². The Morgan fingerprint density at radius 2 is 1.95 bits per heavy atom. The standard InChI is InChI=1S/C14H12N4O/c15-14(19)13-6-5-10(7-18-9-16-8-17-18)11-3-1-2-4-12(11)13/h1-6,8-9H,7H2,(H2,15,19). The number of nitrogens with zero attached hydrogens (tertiary/aromatic N) is 3. The highest BCUT2D eigenvalue weighted by molar-refractivity contribution is 6.07. The summed E-state index contributed by atoms with van der Waals surface area (Å²) in [5.74, 6) is -0.413. The number of hydrogen-bond donors (Lipinski definition) is 1. The number of rotatable bonds is 3. The van der Waals surface area contributed by atoms with Gasteiger partial charge in [-0.15, -0.1) is 0 Å². The molecule has 2 aromatic carbocycles. The van der Waals surface area contributed by atoms with Crippen LogP contribution in [0.2, 0.25) is 0 Å². The van der Waals surface area contributed by atoms with Crippen LogP contribution in [0.1, 0.15) is 15.9 Å². The number of carbonyl (C=O) groups is 1. The lowest BCUT2D eigenvalue weighted by molar-refractivity contribution is 0.100. The third kappa shape index (κ3) is 2.06. The lowest BCUT2D eigenvalue weighted by Crippen LogP contribution is -2.12. The summed E-state index contributed by atoms with van der Waals surface area (Å²) in [5, 5.41) is 5.97. The minimum absolute atomic E-state index is 0.413. The van der Waals surface area contributed by atoms with Crippen LogP contribution in [-0.2, 0) is 6.54 Å². The zero-order valence-corrected chi connectivity index (χ0v) is 10.2. The van der Waals surface area contributed by atoms with Gasteiger partial charge in [-0.1, -0.05) is 30.3 Å². The van der Waals surface area contributed by atoms with Gasteiger partial charge in [-0.3, -0.25) is 4.79 Å². The van der Waals surface area contributed by atoms with Gasteiger partial charge in [0.25, 0.3) is 0 Å². The average Bonchev–Trinajstić information content (AvgIpc) is 2.91. The molecular formula is C14H12N4O. The summed E-state index contributed by atoms with van der Waals surface area (Å²) < 4.78 is 1.74. The molecule has 0 aliphatic carbocycles. The largest absolute Gasteiger partial charge is 0.366 e. The van der Waals surface area contributed by atoms with Crippen molar-refractivity contribution in [3.05, 3.63) is 60.2 Å². The molecule has 3 rings (SSSR count). The molecule has 0 radical (unpaired) electrons. The fraction of sp³-hybridized carbons (Fsp3) is 0.0714. The molecular weight excluding hydrogens is 240 g/mol. The number of aromatic nitrogens is 3. The monoisotopic (exact) mass is 252 g/mol. The lowest BCUT2D eigenvalue weighted by Gasteiger charge is -2.09.